The third-order valence-electron chi connectivity index (χ3n) is 3.48. The lowest BCUT2D eigenvalue weighted by molar-refractivity contribution is 0.446. The minimum atomic E-state index is -3.49. The minimum absolute atomic E-state index is 0.340. The van der Waals surface area contributed by atoms with Gasteiger partial charge in [0.05, 0.1) is 11.9 Å². The van der Waals surface area contributed by atoms with Crippen LogP contribution in [0.2, 0.25) is 0 Å². The predicted octanol–water partition coefficient (Wildman–Crippen LogP) is 1.54. The number of nitrogens with zero attached hydrogens (tertiary/aromatic N) is 3. The van der Waals surface area contributed by atoms with Gasteiger partial charge in [-0.15, -0.1) is 0 Å². The van der Waals surface area contributed by atoms with Gasteiger partial charge in [0.1, 0.15) is 5.82 Å². The molecule has 6 nitrogen and oxygen atoms in total. The van der Waals surface area contributed by atoms with Gasteiger partial charge in [-0.2, -0.15) is 12.7 Å². The maximum atomic E-state index is 11.7. The Morgan fingerprint density at radius 1 is 1.40 bits per heavy atom. The highest BCUT2D eigenvalue weighted by atomic mass is 32.2. The fourth-order valence-corrected chi connectivity index (χ4v) is 2.85. The molecule has 0 bridgehead atoms. The molecule has 112 valence electrons. The van der Waals surface area contributed by atoms with Crippen LogP contribution in [0.1, 0.15) is 19.8 Å². The molecule has 1 fully saturated rings. The summed E-state index contributed by atoms with van der Waals surface area (Å²) in [5.74, 6) is 1.03. The molecular formula is C13H22N4O2S. The van der Waals surface area contributed by atoms with Crippen LogP contribution in [-0.2, 0) is 10.2 Å². The van der Waals surface area contributed by atoms with Crippen LogP contribution < -0.4 is 9.62 Å². The van der Waals surface area contributed by atoms with Gasteiger partial charge < -0.3 is 4.90 Å². The van der Waals surface area contributed by atoms with Crippen molar-refractivity contribution in [2.75, 3.05) is 36.8 Å². The van der Waals surface area contributed by atoms with Crippen LogP contribution in [0.4, 0.5) is 11.5 Å². The number of aromatic nitrogens is 1. The first kappa shape index (κ1) is 15.1. The van der Waals surface area contributed by atoms with Gasteiger partial charge in [0, 0.05) is 27.2 Å². The average Bonchev–Trinajstić information content (AvgIpc) is 2.39. The second-order valence-electron chi connectivity index (χ2n) is 5.48. The maximum Gasteiger partial charge on any atom is 0.302 e. The van der Waals surface area contributed by atoms with Crippen molar-refractivity contribution in [2.24, 2.45) is 5.92 Å². The normalized spacial score (nSPS) is 20.2. The largest absolute Gasteiger partial charge is 0.370 e. The van der Waals surface area contributed by atoms with Gasteiger partial charge in [0.25, 0.3) is 0 Å². The first-order valence-electron chi connectivity index (χ1n) is 6.80. The predicted molar refractivity (Wildman–Crippen MR) is 81.1 cm³/mol. The highest BCUT2D eigenvalue weighted by molar-refractivity contribution is 7.90. The topological polar surface area (TPSA) is 65.5 Å². The van der Waals surface area contributed by atoms with Crippen molar-refractivity contribution >= 4 is 21.7 Å². The van der Waals surface area contributed by atoms with Crippen LogP contribution in [0.3, 0.4) is 0 Å². The summed E-state index contributed by atoms with van der Waals surface area (Å²) >= 11 is 0. The number of pyridine rings is 1. The number of hydrogen-bond donors (Lipinski definition) is 1. The van der Waals surface area contributed by atoms with Gasteiger partial charge >= 0.3 is 10.2 Å². The van der Waals surface area contributed by atoms with Crippen molar-refractivity contribution in [1.29, 1.82) is 0 Å². The van der Waals surface area contributed by atoms with Crippen LogP contribution in [0, 0.1) is 5.92 Å². The van der Waals surface area contributed by atoms with E-state index in [0.717, 1.165) is 23.1 Å². The van der Waals surface area contributed by atoms with E-state index < -0.39 is 10.2 Å². The molecule has 1 aliphatic heterocycles. The summed E-state index contributed by atoms with van der Waals surface area (Å²) in [6.07, 6.45) is 4.19. The summed E-state index contributed by atoms with van der Waals surface area (Å²) in [6, 6.07) is 3.62. The molecular weight excluding hydrogens is 276 g/mol. The lowest BCUT2D eigenvalue weighted by Crippen LogP contribution is -2.34. The van der Waals surface area contributed by atoms with E-state index in [2.05, 4.69) is 21.5 Å². The van der Waals surface area contributed by atoms with Crippen LogP contribution in [-0.4, -0.2) is 44.9 Å². The zero-order valence-electron chi connectivity index (χ0n) is 12.2. The van der Waals surface area contributed by atoms with Crippen molar-refractivity contribution in [1.82, 2.24) is 9.29 Å². The van der Waals surface area contributed by atoms with E-state index >= 15 is 0 Å². The fraction of sp³-hybridized carbons (Fsp3) is 0.615. The molecule has 1 saturated heterocycles. The summed E-state index contributed by atoms with van der Waals surface area (Å²) < 4.78 is 26.9. The molecule has 2 rings (SSSR count). The van der Waals surface area contributed by atoms with Crippen molar-refractivity contribution in [3.05, 3.63) is 18.3 Å². The highest BCUT2D eigenvalue weighted by Crippen LogP contribution is 2.23. The SMILES string of the molecule is CC1CCCN(c2ccc(NS(=O)(=O)N(C)C)nc2)C1. The van der Waals surface area contributed by atoms with Gasteiger partial charge in [0.15, 0.2) is 0 Å². The molecule has 1 aromatic heterocycles. The molecule has 1 aliphatic rings. The molecule has 0 amide bonds. The molecule has 0 aromatic carbocycles. The summed E-state index contributed by atoms with van der Waals surface area (Å²) in [5, 5.41) is 0. The van der Waals surface area contributed by atoms with Crippen molar-refractivity contribution in [3.63, 3.8) is 0 Å². The van der Waals surface area contributed by atoms with E-state index in [4.69, 9.17) is 0 Å². The van der Waals surface area contributed by atoms with Gasteiger partial charge in [0.2, 0.25) is 0 Å². The quantitative estimate of drug-likeness (QED) is 0.915. The first-order chi connectivity index (χ1) is 9.38. The number of piperidine rings is 1. The van der Waals surface area contributed by atoms with Crippen molar-refractivity contribution < 1.29 is 8.42 Å². The minimum Gasteiger partial charge on any atom is -0.370 e. The maximum absolute atomic E-state index is 11.7. The number of rotatable bonds is 4. The standard InChI is InChI=1S/C13H22N4O2S/c1-11-5-4-8-17(10-11)12-6-7-13(14-9-12)15-20(18,19)16(2)3/h6-7,9,11H,4-5,8,10H2,1-3H3,(H,14,15). The monoisotopic (exact) mass is 298 g/mol. The summed E-state index contributed by atoms with van der Waals surface area (Å²) in [6.45, 7) is 4.32. The van der Waals surface area contributed by atoms with Gasteiger partial charge in [-0.1, -0.05) is 6.92 Å². The molecule has 1 atom stereocenters. The Morgan fingerprint density at radius 2 is 2.15 bits per heavy atom. The summed E-state index contributed by atoms with van der Waals surface area (Å²) in [4.78, 5) is 6.48. The molecule has 1 N–H and O–H groups in total. The van der Waals surface area contributed by atoms with Crippen LogP contribution >= 0.6 is 0 Å². The van der Waals surface area contributed by atoms with E-state index in [1.807, 2.05) is 6.07 Å². The molecule has 1 aromatic rings. The van der Waals surface area contributed by atoms with Gasteiger partial charge in [-0.05, 0) is 30.9 Å². The average molecular weight is 298 g/mol. The molecule has 1 unspecified atom stereocenters. The number of nitrogens with one attached hydrogen (secondary N) is 1. The van der Waals surface area contributed by atoms with Gasteiger partial charge in [-0.3, -0.25) is 4.72 Å². The third-order valence-corrected chi connectivity index (χ3v) is 4.91. The van der Waals surface area contributed by atoms with Crippen molar-refractivity contribution in [2.45, 2.75) is 19.8 Å². The Hall–Kier alpha value is -1.34. The summed E-state index contributed by atoms with van der Waals surface area (Å²) in [7, 11) is -0.535. The van der Waals surface area contributed by atoms with Crippen LogP contribution in [0.5, 0.6) is 0 Å². The van der Waals surface area contributed by atoms with E-state index in [-0.39, 0.29) is 0 Å². The van der Waals surface area contributed by atoms with E-state index in [9.17, 15) is 8.42 Å². The molecule has 7 heteroatoms. The number of anilines is 2. The Kier molecular flexibility index (Phi) is 4.49. The second-order valence-corrected chi connectivity index (χ2v) is 7.37. The highest BCUT2D eigenvalue weighted by Gasteiger charge is 2.17. The zero-order chi connectivity index (χ0) is 14.8. The Morgan fingerprint density at radius 3 is 2.70 bits per heavy atom. The molecule has 0 saturated carbocycles. The molecule has 2 heterocycles. The molecule has 20 heavy (non-hydrogen) atoms. The van der Waals surface area contributed by atoms with E-state index in [0.29, 0.717) is 11.7 Å². The zero-order valence-corrected chi connectivity index (χ0v) is 13.0. The lowest BCUT2D eigenvalue weighted by atomic mass is 10.00. The fourth-order valence-electron chi connectivity index (χ4n) is 2.28. The van der Waals surface area contributed by atoms with Crippen LogP contribution in [0.15, 0.2) is 18.3 Å². The van der Waals surface area contributed by atoms with Crippen LogP contribution in [0.25, 0.3) is 0 Å². The van der Waals surface area contributed by atoms with Gasteiger partial charge in [-0.25, -0.2) is 4.98 Å². The molecule has 0 aliphatic carbocycles. The Labute approximate surface area is 121 Å². The van der Waals surface area contributed by atoms with E-state index in [1.165, 1.54) is 26.9 Å². The number of hydrogen-bond acceptors (Lipinski definition) is 4. The third kappa shape index (κ3) is 3.61. The lowest BCUT2D eigenvalue weighted by Gasteiger charge is -2.32. The Balaban J connectivity index is 2.07. The van der Waals surface area contributed by atoms with E-state index in [1.54, 1.807) is 12.3 Å². The van der Waals surface area contributed by atoms with Crippen molar-refractivity contribution in [3.8, 4) is 0 Å². The smallest absolute Gasteiger partial charge is 0.302 e. The second kappa shape index (κ2) is 5.97. The molecule has 0 radical (unpaired) electrons. The summed E-state index contributed by atoms with van der Waals surface area (Å²) in [5.41, 5.74) is 1.05. The molecule has 0 spiro atoms. The Bertz CT molecular complexity index is 542. The first-order valence-corrected chi connectivity index (χ1v) is 8.24.